The van der Waals surface area contributed by atoms with Crippen molar-refractivity contribution in [1.29, 1.82) is 0 Å². The summed E-state index contributed by atoms with van der Waals surface area (Å²) < 4.78 is 26.9. The number of halogens is 1. The van der Waals surface area contributed by atoms with Crippen molar-refractivity contribution < 1.29 is 28.0 Å². The molecule has 3 amide bonds. The van der Waals surface area contributed by atoms with E-state index in [0.29, 0.717) is 17.2 Å². The van der Waals surface area contributed by atoms with E-state index in [1.807, 2.05) is 6.26 Å². The SMILES string of the molecule is CSCC[C@H](N)C(=O)NCC(=O)N[C@H]1C[C@@H](C(=O)NO)N(S(=O)(=O)c2ccc(Cl)cc2)C1. The van der Waals surface area contributed by atoms with Crippen LogP contribution in [0, 0.1) is 0 Å². The Morgan fingerprint density at radius 1 is 1.31 bits per heavy atom. The lowest BCUT2D eigenvalue weighted by atomic mass is 10.1. The summed E-state index contributed by atoms with van der Waals surface area (Å²) in [4.78, 5) is 36.2. The van der Waals surface area contributed by atoms with Gasteiger partial charge in [0, 0.05) is 17.6 Å². The first-order valence-electron chi connectivity index (χ1n) is 9.63. The van der Waals surface area contributed by atoms with E-state index in [4.69, 9.17) is 22.5 Å². The topological polar surface area (TPSA) is 171 Å². The molecule has 0 unspecified atom stereocenters. The first kappa shape index (κ1) is 26.4. The van der Waals surface area contributed by atoms with Gasteiger partial charge >= 0.3 is 0 Å². The van der Waals surface area contributed by atoms with Gasteiger partial charge in [0.2, 0.25) is 21.8 Å². The third-order valence-corrected chi connectivity index (χ3v) is 7.63. The summed E-state index contributed by atoms with van der Waals surface area (Å²) in [6.07, 6.45) is 2.29. The average molecular weight is 508 g/mol. The summed E-state index contributed by atoms with van der Waals surface area (Å²) in [7, 11) is -4.11. The highest BCUT2D eigenvalue weighted by Crippen LogP contribution is 2.27. The molecular formula is C18H26ClN5O6S2. The minimum Gasteiger partial charge on any atom is -0.350 e. The van der Waals surface area contributed by atoms with Gasteiger partial charge in [-0.1, -0.05) is 11.6 Å². The predicted molar refractivity (Wildman–Crippen MR) is 120 cm³/mol. The zero-order valence-corrected chi connectivity index (χ0v) is 19.7. The van der Waals surface area contributed by atoms with Gasteiger partial charge in [-0.3, -0.25) is 19.6 Å². The van der Waals surface area contributed by atoms with Gasteiger partial charge in [0.1, 0.15) is 6.04 Å². The molecule has 0 bridgehead atoms. The number of nitrogens with zero attached hydrogens (tertiary/aromatic N) is 1. The number of hydrogen-bond donors (Lipinski definition) is 5. The molecule has 1 aromatic rings. The molecule has 178 valence electrons. The van der Waals surface area contributed by atoms with Gasteiger partial charge in [-0.2, -0.15) is 16.1 Å². The number of benzene rings is 1. The lowest BCUT2D eigenvalue weighted by molar-refractivity contribution is -0.132. The van der Waals surface area contributed by atoms with Crippen LogP contribution in [0.5, 0.6) is 0 Å². The van der Waals surface area contributed by atoms with Gasteiger partial charge in [0.25, 0.3) is 5.91 Å². The molecule has 0 saturated carbocycles. The minimum atomic E-state index is -4.11. The Kier molecular flexibility index (Phi) is 9.73. The maximum absolute atomic E-state index is 13.0. The number of hydrogen-bond acceptors (Lipinski definition) is 8. The Bertz CT molecular complexity index is 930. The highest BCUT2D eigenvalue weighted by atomic mass is 35.5. The second-order valence-electron chi connectivity index (χ2n) is 7.13. The minimum absolute atomic E-state index is 0.0634. The molecule has 0 aliphatic carbocycles. The van der Waals surface area contributed by atoms with Crippen molar-refractivity contribution in [1.82, 2.24) is 20.4 Å². The molecular weight excluding hydrogens is 482 g/mol. The fourth-order valence-corrected chi connectivity index (χ4v) is 5.44. The number of carbonyl (C=O) groups excluding carboxylic acids is 3. The van der Waals surface area contributed by atoms with Crippen LogP contribution in [0.3, 0.4) is 0 Å². The van der Waals surface area contributed by atoms with Crippen molar-refractivity contribution in [3.05, 3.63) is 29.3 Å². The molecule has 14 heteroatoms. The largest absolute Gasteiger partial charge is 0.350 e. The van der Waals surface area contributed by atoms with E-state index in [1.165, 1.54) is 29.7 Å². The fourth-order valence-electron chi connectivity index (χ4n) is 3.18. The quantitative estimate of drug-likeness (QED) is 0.204. The van der Waals surface area contributed by atoms with Crippen molar-refractivity contribution in [2.75, 3.05) is 25.1 Å². The molecule has 3 atom stereocenters. The Balaban J connectivity index is 2.03. The molecule has 1 aromatic carbocycles. The van der Waals surface area contributed by atoms with Crippen LogP contribution in [0.15, 0.2) is 29.2 Å². The highest BCUT2D eigenvalue weighted by Gasteiger charge is 2.44. The van der Waals surface area contributed by atoms with Gasteiger partial charge in [0.15, 0.2) is 0 Å². The number of nitrogens with one attached hydrogen (secondary N) is 3. The Hall–Kier alpha value is -1.90. The zero-order valence-electron chi connectivity index (χ0n) is 17.3. The van der Waals surface area contributed by atoms with Crippen LogP contribution in [0.25, 0.3) is 0 Å². The second kappa shape index (κ2) is 11.8. The molecule has 1 heterocycles. The van der Waals surface area contributed by atoms with E-state index in [0.717, 1.165) is 4.31 Å². The number of hydroxylamine groups is 1. The molecule has 0 aromatic heterocycles. The number of rotatable bonds is 10. The molecule has 1 fully saturated rings. The van der Waals surface area contributed by atoms with Gasteiger partial charge in [-0.25, -0.2) is 13.9 Å². The van der Waals surface area contributed by atoms with Gasteiger partial charge in [0.05, 0.1) is 17.5 Å². The second-order valence-corrected chi connectivity index (χ2v) is 10.4. The lowest BCUT2D eigenvalue weighted by Crippen LogP contribution is -2.47. The van der Waals surface area contributed by atoms with E-state index in [-0.39, 0.29) is 24.4 Å². The monoisotopic (exact) mass is 507 g/mol. The summed E-state index contributed by atoms with van der Waals surface area (Å²) in [5.41, 5.74) is 7.20. The van der Waals surface area contributed by atoms with Crippen molar-refractivity contribution >= 4 is 51.1 Å². The zero-order chi connectivity index (χ0) is 23.9. The number of nitrogens with two attached hydrogens (primary N) is 1. The highest BCUT2D eigenvalue weighted by molar-refractivity contribution is 7.98. The number of sulfonamides is 1. The standard InChI is InChI=1S/C18H26ClN5O6S2/c1-31-7-6-14(20)17(26)21-9-16(25)22-12-8-15(18(27)23-28)24(10-12)32(29,30)13-4-2-11(19)3-5-13/h2-5,12,14-15,28H,6-10,20H2,1H3,(H,21,26)(H,22,25)(H,23,27)/t12-,14-,15-/m0/s1. The maximum atomic E-state index is 13.0. The molecule has 1 saturated heterocycles. The Labute approximate surface area is 195 Å². The van der Waals surface area contributed by atoms with Crippen molar-refractivity contribution in [2.24, 2.45) is 5.73 Å². The molecule has 0 radical (unpaired) electrons. The third kappa shape index (κ3) is 6.80. The van der Waals surface area contributed by atoms with Crippen LogP contribution in [0.4, 0.5) is 0 Å². The number of amides is 3. The third-order valence-electron chi connectivity index (χ3n) is 4.85. The normalized spacial score (nSPS) is 19.9. The van der Waals surface area contributed by atoms with E-state index in [1.54, 1.807) is 11.8 Å². The molecule has 2 rings (SSSR count). The van der Waals surface area contributed by atoms with Crippen molar-refractivity contribution in [3.8, 4) is 0 Å². The summed E-state index contributed by atoms with van der Waals surface area (Å²) in [6.45, 7) is -0.543. The van der Waals surface area contributed by atoms with Crippen LogP contribution >= 0.6 is 23.4 Å². The first-order chi connectivity index (χ1) is 15.1. The number of carbonyl (C=O) groups is 3. The van der Waals surface area contributed by atoms with Crippen molar-refractivity contribution in [2.45, 2.75) is 35.9 Å². The molecule has 0 spiro atoms. The van der Waals surface area contributed by atoms with Crippen LogP contribution in [-0.4, -0.2) is 78.9 Å². The summed E-state index contributed by atoms with van der Waals surface area (Å²) >= 11 is 7.36. The van der Waals surface area contributed by atoms with Gasteiger partial charge in [-0.15, -0.1) is 0 Å². The summed E-state index contributed by atoms with van der Waals surface area (Å²) in [5.74, 6) is -1.25. The van der Waals surface area contributed by atoms with Crippen LogP contribution < -0.4 is 21.8 Å². The molecule has 32 heavy (non-hydrogen) atoms. The molecule has 11 nitrogen and oxygen atoms in total. The summed E-state index contributed by atoms with van der Waals surface area (Å²) in [6, 6.07) is 2.71. The van der Waals surface area contributed by atoms with E-state index < -0.39 is 45.9 Å². The van der Waals surface area contributed by atoms with E-state index in [2.05, 4.69) is 10.6 Å². The van der Waals surface area contributed by atoms with Crippen LogP contribution in [-0.2, 0) is 24.4 Å². The summed E-state index contributed by atoms with van der Waals surface area (Å²) in [5, 5.41) is 14.4. The Morgan fingerprint density at radius 2 is 1.97 bits per heavy atom. The predicted octanol–water partition coefficient (Wildman–Crippen LogP) is -0.710. The molecule has 1 aliphatic rings. The fraction of sp³-hybridized carbons (Fsp3) is 0.500. The van der Waals surface area contributed by atoms with Gasteiger partial charge in [-0.05, 0) is 49.1 Å². The average Bonchev–Trinajstić information content (AvgIpc) is 3.20. The Morgan fingerprint density at radius 3 is 2.56 bits per heavy atom. The number of thioether (sulfide) groups is 1. The lowest BCUT2D eigenvalue weighted by Gasteiger charge is -2.22. The first-order valence-corrected chi connectivity index (χ1v) is 12.8. The van der Waals surface area contributed by atoms with E-state index in [9.17, 15) is 22.8 Å². The molecule has 6 N–H and O–H groups in total. The van der Waals surface area contributed by atoms with Crippen molar-refractivity contribution in [3.63, 3.8) is 0 Å². The van der Waals surface area contributed by atoms with Gasteiger partial charge < -0.3 is 16.4 Å². The molecule has 1 aliphatic heterocycles. The smallest absolute Gasteiger partial charge is 0.261 e. The maximum Gasteiger partial charge on any atom is 0.261 e. The van der Waals surface area contributed by atoms with Crippen LogP contribution in [0.1, 0.15) is 12.8 Å². The van der Waals surface area contributed by atoms with E-state index >= 15 is 0 Å². The van der Waals surface area contributed by atoms with Crippen LogP contribution in [0.2, 0.25) is 5.02 Å².